The van der Waals surface area contributed by atoms with Crippen molar-refractivity contribution in [2.75, 3.05) is 37.9 Å². The van der Waals surface area contributed by atoms with Gasteiger partial charge in [-0.15, -0.1) is 0 Å². The van der Waals surface area contributed by atoms with Crippen molar-refractivity contribution in [2.24, 2.45) is 0 Å². The Bertz CT molecular complexity index is 1830. The zero-order valence-electron chi connectivity index (χ0n) is 24.9. The maximum atomic E-state index is 12.9. The van der Waals surface area contributed by atoms with Crippen molar-refractivity contribution in [3.05, 3.63) is 90.3 Å². The van der Waals surface area contributed by atoms with Gasteiger partial charge in [-0.3, -0.25) is 9.48 Å². The number of nitrogens with zero attached hydrogens (tertiary/aromatic N) is 5. The van der Waals surface area contributed by atoms with E-state index in [0.717, 1.165) is 34.9 Å². The lowest BCUT2D eigenvalue weighted by atomic mass is 10.0. The number of anilines is 2. The average Bonchev–Trinajstić information content (AvgIpc) is 3.48. The summed E-state index contributed by atoms with van der Waals surface area (Å²) in [6.07, 6.45) is 3.93. The summed E-state index contributed by atoms with van der Waals surface area (Å²) in [6, 6.07) is 19.9. The van der Waals surface area contributed by atoms with E-state index in [1.165, 1.54) is 4.90 Å². The number of rotatable bonds is 9. The molecule has 0 bridgehead atoms. The summed E-state index contributed by atoms with van der Waals surface area (Å²) in [5.41, 5.74) is 3.68. The third kappa shape index (κ3) is 6.21. The number of aromatic nitrogens is 4. The number of carbonyl (C=O) groups excluding carboxylic acids is 1. The number of fused-ring (bicyclic) bond motifs is 1. The zero-order valence-corrected chi connectivity index (χ0v) is 24.9. The molecule has 5 aromatic rings. The first-order valence-corrected chi connectivity index (χ1v) is 14.6. The fourth-order valence-corrected chi connectivity index (χ4v) is 5.61. The highest BCUT2D eigenvalue weighted by molar-refractivity contribution is 6.05. The van der Waals surface area contributed by atoms with Gasteiger partial charge < -0.3 is 30.1 Å². The second-order valence-electron chi connectivity index (χ2n) is 10.6. The van der Waals surface area contributed by atoms with E-state index in [0.29, 0.717) is 54.0 Å². The Morgan fingerprint density at radius 1 is 1.00 bits per heavy atom. The van der Waals surface area contributed by atoms with Crippen LogP contribution in [0.3, 0.4) is 0 Å². The van der Waals surface area contributed by atoms with Gasteiger partial charge in [0.25, 0.3) is 5.91 Å². The molecule has 2 amide bonds. The average molecular weight is 608 g/mol. The van der Waals surface area contributed by atoms with Crippen LogP contribution in [0, 0.1) is 0 Å². The highest BCUT2D eigenvalue weighted by Crippen LogP contribution is 2.36. The van der Waals surface area contributed by atoms with E-state index in [1.807, 2.05) is 41.1 Å². The van der Waals surface area contributed by atoms with E-state index in [-0.39, 0.29) is 11.9 Å². The van der Waals surface area contributed by atoms with Crippen LogP contribution in [0.15, 0.2) is 79.1 Å². The van der Waals surface area contributed by atoms with Crippen LogP contribution < -0.4 is 20.1 Å². The number of hydrogen-bond acceptors (Lipinski definition) is 8. The number of piperidine rings is 1. The summed E-state index contributed by atoms with van der Waals surface area (Å²) in [5.74, 6) is 2.19. The van der Waals surface area contributed by atoms with E-state index < -0.39 is 6.09 Å². The third-order valence-electron chi connectivity index (χ3n) is 7.90. The van der Waals surface area contributed by atoms with Gasteiger partial charge in [-0.1, -0.05) is 18.2 Å². The smallest absolute Gasteiger partial charge is 0.407 e. The van der Waals surface area contributed by atoms with Gasteiger partial charge >= 0.3 is 6.09 Å². The van der Waals surface area contributed by atoms with Crippen molar-refractivity contribution in [2.45, 2.75) is 25.4 Å². The van der Waals surface area contributed by atoms with Crippen LogP contribution in [0.1, 0.15) is 34.8 Å². The molecular weight excluding hydrogens is 574 g/mol. The van der Waals surface area contributed by atoms with Crippen molar-refractivity contribution < 1.29 is 24.2 Å². The minimum absolute atomic E-state index is 0.147. The molecule has 1 aliphatic heterocycles. The first kappa shape index (κ1) is 29.4. The Labute approximate surface area is 259 Å². The van der Waals surface area contributed by atoms with E-state index in [2.05, 4.69) is 20.6 Å². The molecule has 4 heterocycles. The lowest BCUT2D eigenvalue weighted by Gasteiger charge is -2.31. The van der Waals surface area contributed by atoms with Gasteiger partial charge in [-0.2, -0.15) is 5.10 Å². The van der Waals surface area contributed by atoms with E-state index in [9.17, 15) is 14.7 Å². The second kappa shape index (κ2) is 12.9. The van der Waals surface area contributed by atoms with Crippen molar-refractivity contribution in [1.82, 2.24) is 24.6 Å². The van der Waals surface area contributed by atoms with Crippen molar-refractivity contribution in [3.63, 3.8) is 0 Å². The van der Waals surface area contributed by atoms with Crippen LogP contribution in [0.5, 0.6) is 11.5 Å². The summed E-state index contributed by atoms with van der Waals surface area (Å²) in [4.78, 5) is 35.0. The Morgan fingerprint density at radius 2 is 1.84 bits per heavy atom. The molecule has 3 aromatic heterocycles. The molecule has 230 valence electrons. The largest absolute Gasteiger partial charge is 0.497 e. The first-order valence-electron chi connectivity index (χ1n) is 14.6. The molecule has 0 saturated carbocycles. The van der Waals surface area contributed by atoms with Crippen LogP contribution in [0.4, 0.5) is 16.4 Å². The first-order chi connectivity index (χ1) is 21.9. The minimum atomic E-state index is -0.937. The van der Waals surface area contributed by atoms with Crippen molar-refractivity contribution in [1.29, 1.82) is 0 Å². The maximum absolute atomic E-state index is 12.9. The van der Waals surface area contributed by atoms with Gasteiger partial charge in [-0.05, 0) is 55.3 Å². The maximum Gasteiger partial charge on any atom is 0.407 e. The van der Waals surface area contributed by atoms with E-state index in [1.54, 1.807) is 56.9 Å². The fourth-order valence-electron chi connectivity index (χ4n) is 5.61. The van der Waals surface area contributed by atoms with Crippen LogP contribution in [-0.2, 0) is 6.54 Å². The zero-order chi connectivity index (χ0) is 31.3. The van der Waals surface area contributed by atoms with Gasteiger partial charge in [0.1, 0.15) is 28.8 Å². The summed E-state index contributed by atoms with van der Waals surface area (Å²) >= 11 is 0. The number of methoxy groups -OCH3 is 2. The minimum Gasteiger partial charge on any atom is -0.497 e. The molecule has 1 fully saturated rings. The number of carbonyl (C=O) groups is 2. The quantitative estimate of drug-likeness (QED) is 0.192. The Kier molecular flexibility index (Phi) is 8.45. The van der Waals surface area contributed by atoms with E-state index in [4.69, 9.17) is 14.6 Å². The van der Waals surface area contributed by atoms with Crippen LogP contribution in [0.25, 0.3) is 22.2 Å². The van der Waals surface area contributed by atoms with Crippen LogP contribution in [0.2, 0.25) is 0 Å². The van der Waals surface area contributed by atoms with Crippen LogP contribution in [-0.4, -0.2) is 69.1 Å². The third-order valence-corrected chi connectivity index (χ3v) is 7.90. The standard InChI is InChI=1S/C33H33N7O5/c1-44-25-13-12-23(27(18-25)45-2)19-36-31-29-26(14-16-35-31)40(24-6-5-17-39(20-24)33(42)43)38-30(29)21-8-10-22(11-9-21)32(41)37-28-7-3-4-15-34-28/h3-4,7-16,18,24H,5-6,17,19-20H2,1-2H3,(H,35,36)(H,42,43)(H,34,37,41). The summed E-state index contributed by atoms with van der Waals surface area (Å²) in [7, 11) is 3.22. The van der Waals surface area contributed by atoms with Crippen LogP contribution >= 0.6 is 0 Å². The highest BCUT2D eigenvalue weighted by Gasteiger charge is 2.28. The number of ether oxygens (including phenoxy) is 2. The number of carboxylic acid groups (broad SMARTS) is 1. The SMILES string of the molecule is COc1ccc(CNc2nccc3c2c(-c2ccc(C(=O)Nc4ccccn4)cc2)nn3C2CCCN(C(=O)O)C2)c(OC)c1. The van der Waals surface area contributed by atoms with Gasteiger partial charge in [0.15, 0.2) is 0 Å². The molecule has 1 aliphatic rings. The number of nitrogens with one attached hydrogen (secondary N) is 2. The Balaban J connectivity index is 1.37. The number of likely N-dealkylation sites (tertiary alicyclic amines) is 1. The molecule has 3 N–H and O–H groups in total. The molecule has 1 unspecified atom stereocenters. The summed E-state index contributed by atoms with van der Waals surface area (Å²) in [6.45, 7) is 1.26. The molecule has 0 spiro atoms. The number of benzene rings is 2. The number of hydrogen-bond donors (Lipinski definition) is 3. The molecule has 6 rings (SSSR count). The van der Waals surface area contributed by atoms with Gasteiger partial charge in [-0.25, -0.2) is 14.8 Å². The molecule has 45 heavy (non-hydrogen) atoms. The highest BCUT2D eigenvalue weighted by atomic mass is 16.5. The molecular formula is C33H33N7O5. The molecule has 12 heteroatoms. The Morgan fingerprint density at radius 3 is 2.58 bits per heavy atom. The molecule has 0 radical (unpaired) electrons. The molecule has 1 saturated heterocycles. The fraction of sp³-hybridized carbons (Fsp3) is 0.242. The molecule has 0 aliphatic carbocycles. The Hall–Kier alpha value is -5.65. The van der Waals surface area contributed by atoms with Crippen molar-refractivity contribution >= 4 is 34.5 Å². The molecule has 1 atom stereocenters. The predicted octanol–water partition coefficient (Wildman–Crippen LogP) is 5.69. The normalized spacial score (nSPS) is 14.6. The molecule has 2 aromatic carbocycles. The van der Waals surface area contributed by atoms with Gasteiger partial charge in [0.05, 0.1) is 31.2 Å². The van der Waals surface area contributed by atoms with Crippen molar-refractivity contribution in [3.8, 4) is 22.8 Å². The molecule has 12 nitrogen and oxygen atoms in total. The topological polar surface area (TPSA) is 144 Å². The lowest BCUT2D eigenvalue weighted by molar-refractivity contribution is 0.102. The van der Waals surface area contributed by atoms with Gasteiger partial charge in [0, 0.05) is 54.8 Å². The van der Waals surface area contributed by atoms with Gasteiger partial charge in [0.2, 0.25) is 0 Å². The number of pyridine rings is 2. The lowest BCUT2D eigenvalue weighted by Crippen LogP contribution is -2.40. The second-order valence-corrected chi connectivity index (χ2v) is 10.6. The van der Waals surface area contributed by atoms with E-state index >= 15 is 0 Å². The summed E-state index contributed by atoms with van der Waals surface area (Å²) < 4.78 is 12.9. The number of amides is 2. The monoisotopic (exact) mass is 607 g/mol. The predicted molar refractivity (Wildman–Crippen MR) is 170 cm³/mol. The summed E-state index contributed by atoms with van der Waals surface area (Å²) in [5, 5.41) is 21.8.